The van der Waals surface area contributed by atoms with Crippen LogP contribution in [0.1, 0.15) is 26.3 Å². The quantitative estimate of drug-likeness (QED) is 0.240. The van der Waals surface area contributed by atoms with Gasteiger partial charge >= 0.3 is 5.97 Å². The van der Waals surface area contributed by atoms with Crippen LogP contribution in [0.5, 0.6) is 17.2 Å². The summed E-state index contributed by atoms with van der Waals surface area (Å²) in [6.45, 7) is 0. The zero-order chi connectivity index (χ0) is 21.5. The third-order valence-corrected chi connectivity index (χ3v) is 4.28. The Bertz CT molecular complexity index is 1070. The number of rotatable bonds is 7. The lowest BCUT2D eigenvalue weighted by atomic mass is 10.1. The van der Waals surface area contributed by atoms with Crippen LogP contribution in [0.2, 0.25) is 0 Å². The van der Waals surface area contributed by atoms with Gasteiger partial charge in [-0.2, -0.15) is 0 Å². The highest BCUT2D eigenvalue weighted by Crippen LogP contribution is 2.26. The molecular weight excluding hydrogens is 387 g/mol. The maximum absolute atomic E-state index is 12.9. The molecule has 0 N–H and O–H groups in total. The summed E-state index contributed by atoms with van der Waals surface area (Å²) in [7, 11) is 3.11. The Kier molecular flexibility index (Phi) is 6.60. The Morgan fingerprint density at radius 3 is 2.07 bits per heavy atom. The predicted molar refractivity (Wildman–Crippen MR) is 111 cm³/mol. The highest BCUT2D eigenvalue weighted by Gasteiger charge is 2.10. The standard InChI is InChI=1S/C24H19FO5/c1-28-21-13-7-17(23(15-21)29-2)8-14-22(26)16-5-11-20(12-6-16)30-24(27)18-3-9-19(25)10-4-18/h3-15H,1-2H3/b14-8+. The fourth-order valence-corrected chi connectivity index (χ4v) is 2.66. The van der Waals surface area contributed by atoms with Gasteiger partial charge in [-0.05, 0) is 72.8 Å². The summed E-state index contributed by atoms with van der Waals surface area (Å²) in [6.07, 6.45) is 3.09. The first-order valence-electron chi connectivity index (χ1n) is 9.02. The molecule has 0 aliphatic heterocycles. The number of benzene rings is 3. The second-order valence-corrected chi connectivity index (χ2v) is 6.23. The Morgan fingerprint density at radius 2 is 1.43 bits per heavy atom. The average Bonchev–Trinajstić information content (AvgIpc) is 2.78. The average molecular weight is 406 g/mol. The van der Waals surface area contributed by atoms with E-state index in [2.05, 4.69) is 0 Å². The van der Waals surface area contributed by atoms with E-state index in [9.17, 15) is 14.0 Å². The van der Waals surface area contributed by atoms with Crippen LogP contribution in [0.4, 0.5) is 4.39 Å². The largest absolute Gasteiger partial charge is 0.497 e. The van der Waals surface area contributed by atoms with E-state index < -0.39 is 11.8 Å². The van der Waals surface area contributed by atoms with Crippen LogP contribution in [-0.4, -0.2) is 26.0 Å². The maximum atomic E-state index is 12.9. The van der Waals surface area contributed by atoms with Gasteiger partial charge in [0.25, 0.3) is 0 Å². The van der Waals surface area contributed by atoms with Crippen LogP contribution in [0.15, 0.2) is 72.8 Å². The van der Waals surface area contributed by atoms with Crippen molar-refractivity contribution in [2.24, 2.45) is 0 Å². The summed E-state index contributed by atoms with van der Waals surface area (Å²) in [6, 6.07) is 16.5. The van der Waals surface area contributed by atoms with E-state index in [1.165, 1.54) is 42.5 Å². The summed E-state index contributed by atoms with van der Waals surface area (Å²) in [5, 5.41) is 0. The monoisotopic (exact) mass is 406 g/mol. The molecule has 0 radical (unpaired) electrons. The number of allylic oxidation sites excluding steroid dienone is 1. The number of hydrogen-bond acceptors (Lipinski definition) is 5. The molecule has 152 valence electrons. The number of halogens is 1. The predicted octanol–water partition coefficient (Wildman–Crippen LogP) is 4.96. The second kappa shape index (κ2) is 9.52. The molecule has 0 atom stereocenters. The van der Waals surface area contributed by atoms with Crippen LogP contribution >= 0.6 is 0 Å². The first kappa shape index (κ1) is 20.8. The SMILES string of the molecule is COc1ccc(/C=C/C(=O)c2ccc(OC(=O)c3ccc(F)cc3)cc2)c(OC)c1. The number of methoxy groups -OCH3 is 2. The van der Waals surface area contributed by atoms with Crippen molar-refractivity contribution in [2.75, 3.05) is 14.2 Å². The molecule has 0 aromatic heterocycles. The van der Waals surface area contributed by atoms with E-state index in [1.807, 2.05) is 0 Å². The molecular formula is C24H19FO5. The summed E-state index contributed by atoms with van der Waals surface area (Å²) in [5.41, 5.74) is 1.39. The molecule has 5 nitrogen and oxygen atoms in total. The molecule has 0 spiro atoms. The molecule has 3 aromatic carbocycles. The van der Waals surface area contributed by atoms with E-state index >= 15 is 0 Å². The number of carbonyl (C=O) groups excluding carboxylic acids is 2. The van der Waals surface area contributed by atoms with Crippen LogP contribution in [0.25, 0.3) is 6.08 Å². The normalized spacial score (nSPS) is 10.6. The van der Waals surface area contributed by atoms with Crippen molar-refractivity contribution in [1.29, 1.82) is 0 Å². The molecule has 0 saturated carbocycles. The minimum absolute atomic E-state index is 0.218. The summed E-state index contributed by atoms with van der Waals surface area (Å²) < 4.78 is 28.6. The molecule has 0 saturated heterocycles. The van der Waals surface area contributed by atoms with E-state index in [4.69, 9.17) is 14.2 Å². The first-order chi connectivity index (χ1) is 14.5. The van der Waals surface area contributed by atoms with Gasteiger partial charge < -0.3 is 14.2 Å². The number of carbonyl (C=O) groups is 2. The topological polar surface area (TPSA) is 61.8 Å². The molecule has 3 rings (SSSR count). The molecule has 0 bridgehead atoms. The van der Waals surface area contributed by atoms with Gasteiger partial charge in [0.15, 0.2) is 5.78 Å². The third kappa shape index (κ3) is 5.11. The molecule has 0 aliphatic rings. The van der Waals surface area contributed by atoms with Crippen molar-refractivity contribution in [3.05, 3.63) is 95.3 Å². The summed E-state index contributed by atoms with van der Waals surface area (Å²) in [5.74, 6) is 0.254. The highest BCUT2D eigenvalue weighted by molar-refractivity contribution is 6.07. The van der Waals surface area contributed by atoms with E-state index in [0.29, 0.717) is 17.1 Å². The Hall–Kier alpha value is -3.93. The highest BCUT2D eigenvalue weighted by atomic mass is 19.1. The van der Waals surface area contributed by atoms with Crippen molar-refractivity contribution in [2.45, 2.75) is 0 Å². The second-order valence-electron chi connectivity index (χ2n) is 6.23. The fourth-order valence-electron chi connectivity index (χ4n) is 2.66. The van der Waals surface area contributed by atoms with Gasteiger partial charge in [-0.1, -0.05) is 0 Å². The molecule has 0 fully saturated rings. The lowest BCUT2D eigenvalue weighted by Crippen LogP contribution is -2.08. The zero-order valence-corrected chi connectivity index (χ0v) is 16.4. The minimum atomic E-state index is -0.611. The smallest absolute Gasteiger partial charge is 0.343 e. The Labute approximate surface area is 173 Å². The molecule has 3 aromatic rings. The molecule has 30 heavy (non-hydrogen) atoms. The van der Waals surface area contributed by atoms with Gasteiger partial charge in [-0.15, -0.1) is 0 Å². The molecule has 0 amide bonds. The number of ketones is 1. The van der Waals surface area contributed by atoms with Gasteiger partial charge in [0, 0.05) is 17.2 Å². The van der Waals surface area contributed by atoms with Crippen LogP contribution in [-0.2, 0) is 0 Å². The van der Waals surface area contributed by atoms with Gasteiger partial charge in [0.2, 0.25) is 0 Å². The van der Waals surface area contributed by atoms with Crippen molar-refractivity contribution in [1.82, 2.24) is 0 Å². The molecule has 0 unspecified atom stereocenters. The van der Waals surface area contributed by atoms with E-state index in [0.717, 1.165) is 5.56 Å². The molecule has 6 heteroatoms. The van der Waals surface area contributed by atoms with Gasteiger partial charge in [0.05, 0.1) is 19.8 Å². The summed E-state index contributed by atoms with van der Waals surface area (Å²) >= 11 is 0. The van der Waals surface area contributed by atoms with E-state index in [-0.39, 0.29) is 17.1 Å². The van der Waals surface area contributed by atoms with Gasteiger partial charge in [0.1, 0.15) is 23.1 Å². The lowest BCUT2D eigenvalue weighted by molar-refractivity contribution is 0.0734. The van der Waals surface area contributed by atoms with Crippen LogP contribution < -0.4 is 14.2 Å². The van der Waals surface area contributed by atoms with Crippen molar-refractivity contribution >= 4 is 17.8 Å². The van der Waals surface area contributed by atoms with Crippen molar-refractivity contribution in [3.8, 4) is 17.2 Å². The zero-order valence-electron chi connectivity index (χ0n) is 16.4. The molecule has 0 aliphatic carbocycles. The van der Waals surface area contributed by atoms with Crippen LogP contribution in [0, 0.1) is 5.82 Å². The first-order valence-corrected chi connectivity index (χ1v) is 9.02. The molecule has 0 heterocycles. The maximum Gasteiger partial charge on any atom is 0.343 e. The lowest BCUT2D eigenvalue weighted by Gasteiger charge is -2.07. The van der Waals surface area contributed by atoms with Crippen molar-refractivity contribution < 1.29 is 28.2 Å². The number of esters is 1. The number of hydrogen-bond donors (Lipinski definition) is 0. The van der Waals surface area contributed by atoms with Gasteiger partial charge in [-0.3, -0.25) is 4.79 Å². The van der Waals surface area contributed by atoms with Gasteiger partial charge in [-0.25, -0.2) is 9.18 Å². The van der Waals surface area contributed by atoms with Crippen molar-refractivity contribution in [3.63, 3.8) is 0 Å². The van der Waals surface area contributed by atoms with Crippen LogP contribution in [0.3, 0.4) is 0 Å². The van der Waals surface area contributed by atoms with E-state index in [1.54, 1.807) is 50.6 Å². The Balaban J connectivity index is 1.67. The fraction of sp³-hybridized carbons (Fsp3) is 0.0833. The summed E-state index contributed by atoms with van der Waals surface area (Å²) in [4.78, 5) is 24.5. The third-order valence-electron chi connectivity index (χ3n) is 4.28. The number of ether oxygens (including phenoxy) is 3. The Morgan fingerprint density at radius 1 is 0.800 bits per heavy atom. The minimum Gasteiger partial charge on any atom is -0.497 e.